The lowest BCUT2D eigenvalue weighted by Gasteiger charge is -2.09. The topological polar surface area (TPSA) is 57.0 Å². The number of hydrogen-bond acceptors (Lipinski definition) is 5. The van der Waals surface area contributed by atoms with Gasteiger partial charge in [-0.25, -0.2) is 0 Å². The molecular formula is C19H18BrN3O2S. The monoisotopic (exact) mass is 431 g/mol. The molecule has 134 valence electrons. The summed E-state index contributed by atoms with van der Waals surface area (Å²) in [5.41, 5.74) is 2.68. The van der Waals surface area contributed by atoms with E-state index in [0.29, 0.717) is 28.9 Å². The smallest absolute Gasteiger partial charge is 0.196 e. The Kier molecular flexibility index (Phi) is 6.24. The summed E-state index contributed by atoms with van der Waals surface area (Å²) in [6, 6.07) is 15.4. The molecular weight excluding hydrogens is 414 g/mol. The Morgan fingerprint density at radius 3 is 2.65 bits per heavy atom. The summed E-state index contributed by atoms with van der Waals surface area (Å²) in [6.07, 6.45) is 0. The summed E-state index contributed by atoms with van der Waals surface area (Å²) in [4.78, 5) is 12.5. The van der Waals surface area contributed by atoms with Gasteiger partial charge in [0, 0.05) is 22.8 Å². The first-order valence-corrected chi connectivity index (χ1v) is 9.79. The van der Waals surface area contributed by atoms with Gasteiger partial charge in [0.25, 0.3) is 0 Å². The van der Waals surface area contributed by atoms with Crippen molar-refractivity contribution in [2.45, 2.75) is 18.7 Å². The standard InChI is InChI=1S/C19H18BrN3O2S/c1-13-10-14(8-9-16(13)20)17(24)12-26-19-22-21-18(11-25-2)23(19)15-6-4-3-5-7-15/h3-10H,11-12H2,1-2H3. The van der Waals surface area contributed by atoms with E-state index in [9.17, 15) is 4.79 Å². The first-order valence-electron chi connectivity index (χ1n) is 8.01. The molecule has 1 aromatic heterocycles. The molecule has 0 fully saturated rings. The Labute approximate surface area is 164 Å². The molecule has 0 aliphatic heterocycles. The van der Waals surface area contributed by atoms with E-state index in [1.807, 2.05) is 60.0 Å². The van der Waals surface area contributed by atoms with Gasteiger partial charge >= 0.3 is 0 Å². The van der Waals surface area contributed by atoms with Crippen molar-refractivity contribution in [2.75, 3.05) is 12.9 Å². The van der Waals surface area contributed by atoms with E-state index in [1.165, 1.54) is 11.8 Å². The van der Waals surface area contributed by atoms with Gasteiger partial charge in [0.05, 0.1) is 5.75 Å². The highest BCUT2D eigenvalue weighted by Crippen LogP contribution is 2.24. The molecule has 0 saturated carbocycles. The number of halogens is 1. The summed E-state index contributed by atoms with van der Waals surface area (Å²) in [6.45, 7) is 2.32. The number of aromatic nitrogens is 3. The maximum absolute atomic E-state index is 12.5. The van der Waals surface area contributed by atoms with Crippen LogP contribution in [0.4, 0.5) is 0 Å². The van der Waals surface area contributed by atoms with Crippen LogP contribution in [0.2, 0.25) is 0 Å². The predicted octanol–water partition coefficient (Wildman–Crippen LogP) is 4.46. The summed E-state index contributed by atoms with van der Waals surface area (Å²) in [5.74, 6) is 1.05. The number of carbonyl (C=O) groups excluding carboxylic acids is 1. The Morgan fingerprint density at radius 1 is 1.19 bits per heavy atom. The minimum Gasteiger partial charge on any atom is -0.377 e. The average Bonchev–Trinajstić information content (AvgIpc) is 3.05. The lowest BCUT2D eigenvalue weighted by Crippen LogP contribution is -2.06. The number of nitrogens with zero attached hydrogens (tertiary/aromatic N) is 3. The molecule has 26 heavy (non-hydrogen) atoms. The van der Waals surface area contributed by atoms with Crippen molar-refractivity contribution < 1.29 is 9.53 Å². The number of methoxy groups -OCH3 is 1. The van der Waals surface area contributed by atoms with Gasteiger partial charge in [-0.15, -0.1) is 10.2 Å². The van der Waals surface area contributed by atoms with Crippen LogP contribution in [-0.2, 0) is 11.3 Å². The molecule has 1 heterocycles. The zero-order chi connectivity index (χ0) is 18.5. The quantitative estimate of drug-likeness (QED) is 0.408. The summed E-state index contributed by atoms with van der Waals surface area (Å²) in [7, 11) is 1.62. The number of carbonyl (C=O) groups is 1. The molecule has 0 saturated heterocycles. The summed E-state index contributed by atoms with van der Waals surface area (Å²) < 4.78 is 8.14. The van der Waals surface area contributed by atoms with Gasteiger partial charge in [0.2, 0.25) is 0 Å². The summed E-state index contributed by atoms with van der Waals surface area (Å²) >= 11 is 4.83. The van der Waals surface area contributed by atoms with E-state index in [-0.39, 0.29) is 5.78 Å². The second kappa shape index (κ2) is 8.62. The third-order valence-electron chi connectivity index (χ3n) is 3.80. The van der Waals surface area contributed by atoms with Crippen LogP contribution >= 0.6 is 27.7 Å². The zero-order valence-electron chi connectivity index (χ0n) is 14.5. The van der Waals surface area contributed by atoms with Crippen molar-refractivity contribution in [2.24, 2.45) is 0 Å². The van der Waals surface area contributed by atoms with Gasteiger partial charge in [0.15, 0.2) is 16.8 Å². The molecule has 5 nitrogen and oxygen atoms in total. The normalized spacial score (nSPS) is 10.9. The fraction of sp³-hybridized carbons (Fsp3) is 0.211. The molecule has 0 atom stereocenters. The molecule has 7 heteroatoms. The number of Topliss-reactive ketones (excluding diaryl/α,β-unsaturated/α-hetero) is 1. The fourth-order valence-corrected chi connectivity index (χ4v) is 3.60. The zero-order valence-corrected chi connectivity index (χ0v) is 16.9. The highest BCUT2D eigenvalue weighted by Gasteiger charge is 2.16. The number of ether oxygens (including phenoxy) is 1. The van der Waals surface area contributed by atoms with Gasteiger partial charge in [-0.05, 0) is 36.8 Å². The molecule has 0 bridgehead atoms. The van der Waals surface area contributed by atoms with Gasteiger partial charge in [-0.1, -0.05) is 52.0 Å². The lowest BCUT2D eigenvalue weighted by atomic mass is 10.1. The fourth-order valence-electron chi connectivity index (χ4n) is 2.48. The maximum Gasteiger partial charge on any atom is 0.196 e. The van der Waals surface area contributed by atoms with Crippen LogP contribution in [-0.4, -0.2) is 33.4 Å². The van der Waals surface area contributed by atoms with Crippen LogP contribution in [0.25, 0.3) is 5.69 Å². The van der Waals surface area contributed by atoms with Gasteiger partial charge in [-0.2, -0.15) is 0 Å². The number of para-hydroxylation sites is 1. The van der Waals surface area contributed by atoms with Crippen LogP contribution in [0.3, 0.4) is 0 Å². The average molecular weight is 432 g/mol. The Hall–Kier alpha value is -1.96. The second-order valence-corrected chi connectivity index (χ2v) is 7.48. The number of benzene rings is 2. The first kappa shape index (κ1) is 18.8. The van der Waals surface area contributed by atoms with Crippen molar-refractivity contribution in [3.63, 3.8) is 0 Å². The third-order valence-corrected chi connectivity index (χ3v) is 5.62. The van der Waals surface area contributed by atoms with Crippen LogP contribution in [0.5, 0.6) is 0 Å². The summed E-state index contributed by atoms with van der Waals surface area (Å²) in [5, 5.41) is 9.12. The van der Waals surface area contributed by atoms with E-state index in [2.05, 4.69) is 26.1 Å². The first-order chi connectivity index (χ1) is 12.6. The highest BCUT2D eigenvalue weighted by molar-refractivity contribution is 9.10. The molecule has 0 aliphatic carbocycles. The van der Waals surface area contributed by atoms with Crippen molar-refractivity contribution in [3.05, 3.63) is 70.0 Å². The maximum atomic E-state index is 12.5. The van der Waals surface area contributed by atoms with Crippen LogP contribution < -0.4 is 0 Å². The van der Waals surface area contributed by atoms with Crippen molar-refractivity contribution in [1.82, 2.24) is 14.8 Å². The molecule has 0 spiro atoms. The lowest BCUT2D eigenvalue weighted by molar-refractivity contribution is 0.102. The molecule has 0 radical (unpaired) electrons. The van der Waals surface area contributed by atoms with Crippen molar-refractivity contribution >= 4 is 33.5 Å². The SMILES string of the molecule is COCc1nnc(SCC(=O)c2ccc(Br)c(C)c2)n1-c1ccccc1. The Balaban J connectivity index is 1.81. The van der Waals surface area contributed by atoms with E-state index in [0.717, 1.165) is 15.7 Å². The Bertz CT molecular complexity index is 912. The minimum atomic E-state index is 0.0569. The molecule has 2 aromatic carbocycles. The van der Waals surface area contributed by atoms with Gasteiger partial charge < -0.3 is 4.74 Å². The number of hydrogen-bond donors (Lipinski definition) is 0. The molecule has 3 rings (SSSR count). The molecule has 3 aromatic rings. The molecule has 0 aliphatic rings. The van der Waals surface area contributed by atoms with E-state index >= 15 is 0 Å². The Morgan fingerprint density at radius 2 is 1.96 bits per heavy atom. The van der Waals surface area contributed by atoms with Crippen LogP contribution in [0.15, 0.2) is 58.2 Å². The van der Waals surface area contributed by atoms with Gasteiger partial charge in [0.1, 0.15) is 6.61 Å². The van der Waals surface area contributed by atoms with E-state index < -0.39 is 0 Å². The second-order valence-electron chi connectivity index (χ2n) is 5.68. The minimum absolute atomic E-state index is 0.0569. The van der Waals surface area contributed by atoms with Gasteiger partial charge in [-0.3, -0.25) is 9.36 Å². The van der Waals surface area contributed by atoms with Crippen molar-refractivity contribution in [1.29, 1.82) is 0 Å². The van der Waals surface area contributed by atoms with E-state index in [1.54, 1.807) is 7.11 Å². The van der Waals surface area contributed by atoms with Crippen molar-refractivity contribution in [3.8, 4) is 5.69 Å². The van der Waals surface area contributed by atoms with Crippen LogP contribution in [0, 0.1) is 6.92 Å². The predicted molar refractivity (Wildman–Crippen MR) is 106 cm³/mol. The highest BCUT2D eigenvalue weighted by atomic mass is 79.9. The number of aryl methyl sites for hydroxylation is 1. The largest absolute Gasteiger partial charge is 0.377 e. The molecule has 0 unspecified atom stereocenters. The third kappa shape index (κ3) is 4.23. The molecule has 0 amide bonds. The number of thioether (sulfide) groups is 1. The number of ketones is 1. The number of rotatable bonds is 7. The molecule has 0 N–H and O–H groups in total. The van der Waals surface area contributed by atoms with Crippen LogP contribution in [0.1, 0.15) is 21.7 Å². The van der Waals surface area contributed by atoms with E-state index in [4.69, 9.17) is 4.74 Å².